The summed E-state index contributed by atoms with van der Waals surface area (Å²) in [4.78, 5) is 24.9. The molecule has 4 rings (SSSR count). The van der Waals surface area contributed by atoms with Crippen LogP contribution >= 0.6 is 11.6 Å². The zero-order valence-electron chi connectivity index (χ0n) is 14.5. The van der Waals surface area contributed by atoms with Gasteiger partial charge < -0.3 is 14.5 Å². The van der Waals surface area contributed by atoms with Crippen molar-refractivity contribution in [3.05, 3.63) is 23.1 Å². The summed E-state index contributed by atoms with van der Waals surface area (Å²) in [6.07, 6.45) is 4.99. The molecule has 1 aromatic rings. The predicted molar refractivity (Wildman–Crippen MR) is 96.6 cm³/mol. The molecule has 134 valence electrons. The Morgan fingerprint density at radius 1 is 1.28 bits per heavy atom. The van der Waals surface area contributed by atoms with Crippen molar-refractivity contribution in [2.24, 2.45) is 5.41 Å². The Bertz CT molecular complexity index is 705. The van der Waals surface area contributed by atoms with Gasteiger partial charge in [0.1, 0.15) is 11.0 Å². The van der Waals surface area contributed by atoms with Gasteiger partial charge in [-0.2, -0.15) is 0 Å². The Hall–Kier alpha value is -1.66. The SMILES string of the molecule is CC(=O)N1CCC2(CC1)CN(c1cc(Cl)nc(C3=CCOCC3)n1)C2. The van der Waals surface area contributed by atoms with Crippen LogP contribution in [-0.2, 0) is 9.53 Å². The molecule has 7 heteroatoms. The van der Waals surface area contributed by atoms with Crippen LogP contribution in [0.2, 0.25) is 5.15 Å². The van der Waals surface area contributed by atoms with Crippen molar-refractivity contribution in [2.75, 3.05) is 44.3 Å². The van der Waals surface area contributed by atoms with Crippen molar-refractivity contribution < 1.29 is 9.53 Å². The summed E-state index contributed by atoms with van der Waals surface area (Å²) in [5.74, 6) is 1.81. The third-order valence-electron chi connectivity index (χ3n) is 5.58. The van der Waals surface area contributed by atoms with E-state index < -0.39 is 0 Å². The molecule has 0 atom stereocenters. The second-order valence-electron chi connectivity index (χ2n) is 7.29. The van der Waals surface area contributed by atoms with Crippen molar-refractivity contribution in [3.8, 4) is 0 Å². The normalized spacial score (nSPS) is 22.6. The highest BCUT2D eigenvalue weighted by molar-refractivity contribution is 6.29. The van der Waals surface area contributed by atoms with E-state index in [-0.39, 0.29) is 5.91 Å². The quantitative estimate of drug-likeness (QED) is 0.756. The van der Waals surface area contributed by atoms with Crippen LogP contribution in [0, 0.1) is 5.41 Å². The van der Waals surface area contributed by atoms with E-state index in [4.69, 9.17) is 21.3 Å². The zero-order valence-corrected chi connectivity index (χ0v) is 15.3. The Morgan fingerprint density at radius 2 is 2.04 bits per heavy atom. The zero-order chi connectivity index (χ0) is 17.4. The topological polar surface area (TPSA) is 58.6 Å². The number of hydrogen-bond donors (Lipinski definition) is 0. The Labute approximate surface area is 152 Å². The Balaban J connectivity index is 1.45. The molecule has 1 aromatic heterocycles. The van der Waals surface area contributed by atoms with Crippen LogP contribution in [0.5, 0.6) is 0 Å². The number of halogens is 1. The van der Waals surface area contributed by atoms with Crippen molar-refractivity contribution in [2.45, 2.75) is 26.2 Å². The van der Waals surface area contributed by atoms with Gasteiger partial charge in [0.25, 0.3) is 0 Å². The van der Waals surface area contributed by atoms with Gasteiger partial charge in [-0.05, 0) is 24.8 Å². The van der Waals surface area contributed by atoms with Gasteiger partial charge in [-0.1, -0.05) is 17.7 Å². The van der Waals surface area contributed by atoms with Crippen molar-refractivity contribution in [1.82, 2.24) is 14.9 Å². The minimum Gasteiger partial charge on any atom is -0.377 e. The summed E-state index contributed by atoms with van der Waals surface area (Å²) in [6.45, 7) is 6.66. The van der Waals surface area contributed by atoms with E-state index >= 15 is 0 Å². The van der Waals surface area contributed by atoms with Gasteiger partial charge in [0.15, 0.2) is 5.82 Å². The van der Waals surface area contributed by atoms with E-state index in [2.05, 4.69) is 9.88 Å². The molecule has 3 aliphatic rings. The monoisotopic (exact) mass is 362 g/mol. The maximum Gasteiger partial charge on any atom is 0.219 e. The fourth-order valence-corrected chi connectivity index (χ4v) is 4.16. The second-order valence-corrected chi connectivity index (χ2v) is 7.68. The number of amides is 1. The molecule has 4 heterocycles. The fraction of sp³-hybridized carbons (Fsp3) is 0.611. The van der Waals surface area contributed by atoms with Crippen LogP contribution in [0.15, 0.2) is 12.1 Å². The number of carbonyl (C=O) groups excluding carboxylic acids is 1. The number of aromatic nitrogens is 2. The summed E-state index contributed by atoms with van der Waals surface area (Å²) >= 11 is 6.25. The first-order valence-electron chi connectivity index (χ1n) is 8.87. The van der Waals surface area contributed by atoms with Gasteiger partial charge in [0.2, 0.25) is 5.91 Å². The molecule has 2 fully saturated rings. The Morgan fingerprint density at radius 3 is 2.68 bits per heavy atom. The van der Waals surface area contributed by atoms with E-state index in [0.29, 0.717) is 23.8 Å². The van der Waals surface area contributed by atoms with Crippen LogP contribution in [0.4, 0.5) is 5.82 Å². The molecule has 1 spiro atoms. The van der Waals surface area contributed by atoms with Crippen LogP contribution in [0.1, 0.15) is 32.0 Å². The standard InChI is InChI=1S/C18H23ClN4O2/c1-13(24)22-6-4-18(5-7-22)11-23(12-18)16-10-15(19)20-17(21-16)14-2-8-25-9-3-14/h2,10H,3-9,11-12H2,1H3. The lowest BCUT2D eigenvalue weighted by molar-refractivity contribution is -0.131. The van der Waals surface area contributed by atoms with Gasteiger partial charge in [-0.25, -0.2) is 9.97 Å². The average Bonchev–Trinajstić information content (AvgIpc) is 2.60. The van der Waals surface area contributed by atoms with E-state index in [1.165, 1.54) is 0 Å². The van der Waals surface area contributed by atoms with Gasteiger partial charge in [-0.3, -0.25) is 4.79 Å². The number of rotatable bonds is 2. The fourth-order valence-electron chi connectivity index (χ4n) is 3.98. The largest absolute Gasteiger partial charge is 0.377 e. The molecular formula is C18H23ClN4O2. The number of anilines is 1. The molecule has 1 amide bonds. The maximum absolute atomic E-state index is 11.5. The van der Waals surface area contributed by atoms with Crippen LogP contribution in [0.3, 0.4) is 0 Å². The van der Waals surface area contributed by atoms with E-state index in [0.717, 1.165) is 62.7 Å². The average molecular weight is 363 g/mol. The number of nitrogens with zero attached hydrogens (tertiary/aromatic N) is 4. The van der Waals surface area contributed by atoms with E-state index in [1.54, 1.807) is 6.92 Å². The van der Waals surface area contributed by atoms with Crippen molar-refractivity contribution >= 4 is 28.9 Å². The third kappa shape index (κ3) is 3.37. The summed E-state index contributed by atoms with van der Waals surface area (Å²) < 4.78 is 5.36. The lowest BCUT2D eigenvalue weighted by atomic mass is 9.72. The molecule has 0 N–H and O–H groups in total. The molecule has 0 radical (unpaired) electrons. The summed E-state index contributed by atoms with van der Waals surface area (Å²) in [7, 11) is 0. The van der Waals surface area contributed by atoms with Gasteiger partial charge in [-0.15, -0.1) is 0 Å². The third-order valence-corrected chi connectivity index (χ3v) is 5.77. The van der Waals surface area contributed by atoms with Crippen molar-refractivity contribution in [3.63, 3.8) is 0 Å². The molecule has 25 heavy (non-hydrogen) atoms. The first kappa shape index (κ1) is 16.8. The lowest BCUT2D eigenvalue weighted by Gasteiger charge is -2.54. The van der Waals surface area contributed by atoms with Gasteiger partial charge in [0.05, 0.1) is 13.2 Å². The lowest BCUT2D eigenvalue weighted by Crippen LogP contribution is -2.61. The number of hydrogen-bond acceptors (Lipinski definition) is 5. The molecule has 3 aliphatic heterocycles. The van der Waals surface area contributed by atoms with Crippen LogP contribution in [-0.4, -0.2) is 60.2 Å². The van der Waals surface area contributed by atoms with E-state index in [1.807, 2.05) is 17.0 Å². The van der Waals surface area contributed by atoms with Crippen LogP contribution < -0.4 is 4.90 Å². The first-order valence-corrected chi connectivity index (χ1v) is 9.25. The molecular weight excluding hydrogens is 340 g/mol. The highest BCUT2D eigenvalue weighted by atomic mass is 35.5. The number of ether oxygens (including phenoxy) is 1. The molecule has 6 nitrogen and oxygen atoms in total. The molecule has 0 aromatic carbocycles. The second kappa shape index (κ2) is 6.57. The number of piperidine rings is 1. The molecule has 0 saturated carbocycles. The highest BCUT2D eigenvalue weighted by Crippen LogP contribution is 2.42. The summed E-state index contributed by atoms with van der Waals surface area (Å²) in [5, 5.41) is 0.486. The van der Waals surface area contributed by atoms with Crippen molar-refractivity contribution in [1.29, 1.82) is 0 Å². The molecule has 0 unspecified atom stereocenters. The first-order chi connectivity index (χ1) is 12.0. The van der Waals surface area contributed by atoms with Gasteiger partial charge >= 0.3 is 0 Å². The minimum absolute atomic E-state index is 0.183. The summed E-state index contributed by atoms with van der Waals surface area (Å²) in [6, 6.07) is 1.85. The van der Waals surface area contributed by atoms with Gasteiger partial charge in [0, 0.05) is 44.6 Å². The predicted octanol–water partition coefficient (Wildman–Crippen LogP) is 2.38. The Kier molecular flexibility index (Phi) is 4.41. The minimum atomic E-state index is 0.183. The molecule has 0 aliphatic carbocycles. The van der Waals surface area contributed by atoms with E-state index in [9.17, 15) is 4.79 Å². The number of carbonyl (C=O) groups is 1. The summed E-state index contributed by atoms with van der Waals surface area (Å²) in [5.41, 5.74) is 1.43. The smallest absolute Gasteiger partial charge is 0.219 e. The maximum atomic E-state index is 11.5. The van der Waals surface area contributed by atoms with Crippen LogP contribution in [0.25, 0.3) is 5.57 Å². The highest BCUT2D eigenvalue weighted by Gasteiger charge is 2.45. The number of likely N-dealkylation sites (tertiary alicyclic amines) is 1. The molecule has 2 saturated heterocycles. The molecule has 0 bridgehead atoms.